The van der Waals surface area contributed by atoms with Gasteiger partial charge < -0.3 is 14.8 Å². The molecule has 1 aliphatic rings. The van der Waals surface area contributed by atoms with Crippen LogP contribution in [0.2, 0.25) is 0 Å². The second-order valence-corrected chi connectivity index (χ2v) is 6.53. The zero-order chi connectivity index (χ0) is 21.0. The first kappa shape index (κ1) is 20.1. The number of para-hydroxylation sites is 1. The van der Waals surface area contributed by atoms with Gasteiger partial charge in [0.25, 0.3) is 0 Å². The number of ether oxygens (including phenoxy) is 2. The fraction of sp³-hybridized carbons (Fsp3) is 0.227. The summed E-state index contributed by atoms with van der Waals surface area (Å²) < 4.78 is 10.0. The van der Waals surface area contributed by atoms with Crippen molar-refractivity contribution in [3.63, 3.8) is 0 Å². The Balaban J connectivity index is 1.94. The van der Waals surface area contributed by atoms with Crippen molar-refractivity contribution in [2.75, 3.05) is 24.4 Å². The molecule has 2 aromatic carbocycles. The summed E-state index contributed by atoms with van der Waals surface area (Å²) in [4.78, 5) is 39.7. The molecule has 29 heavy (non-hydrogen) atoms. The summed E-state index contributed by atoms with van der Waals surface area (Å²) in [7, 11) is 2.81. The molecule has 0 saturated carbocycles. The van der Waals surface area contributed by atoms with E-state index < -0.39 is 17.8 Å². The maximum atomic E-state index is 12.9. The number of nitrogens with zero attached hydrogens (tertiary/aromatic N) is 1. The van der Waals surface area contributed by atoms with Crippen LogP contribution in [0.25, 0.3) is 0 Å². The lowest BCUT2D eigenvalue weighted by atomic mass is 9.88. The molecular formula is C22H22N2O5. The second kappa shape index (κ2) is 8.60. The molecule has 1 heterocycles. The lowest BCUT2D eigenvalue weighted by Crippen LogP contribution is -2.43. The van der Waals surface area contributed by atoms with Crippen molar-refractivity contribution in [1.82, 2.24) is 0 Å². The summed E-state index contributed by atoms with van der Waals surface area (Å²) in [6.45, 7) is 1.64. The Bertz CT molecular complexity index is 951. The summed E-state index contributed by atoms with van der Waals surface area (Å²) in [5.41, 5.74) is 1.72. The number of hydrogen-bond donors (Lipinski definition) is 1. The van der Waals surface area contributed by atoms with Crippen molar-refractivity contribution in [3.05, 3.63) is 65.9 Å². The van der Waals surface area contributed by atoms with Crippen molar-refractivity contribution in [3.8, 4) is 5.75 Å². The molecule has 0 radical (unpaired) electrons. The zero-order valence-corrected chi connectivity index (χ0v) is 16.5. The monoisotopic (exact) mass is 394 g/mol. The van der Waals surface area contributed by atoms with E-state index in [0.29, 0.717) is 22.8 Å². The van der Waals surface area contributed by atoms with Gasteiger partial charge in [-0.3, -0.25) is 14.5 Å². The average molecular weight is 394 g/mol. The van der Waals surface area contributed by atoms with E-state index in [2.05, 4.69) is 5.32 Å². The Morgan fingerprint density at radius 2 is 1.69 bits per heavy atom. The Labute approximate surface area is 168 Å². The van der Waals surface area contributed by atoms with Gasteiger partial charge in [-0.15, -0.1) is 0 Å². The highest BCUT2D eigenvalue weighted by molar-refractivity contribution is 6.10. The molecular weight excluding hydrogens is 372 g/mol. The minimum Gasteiger partial charge on any atom is -0.497 e. The quantitative estimate of drug-likeness (QED) is 0.788. The molecule has 1 N–H and O–H groups in total. The average Bonchev–Trinajstić information content (AvgIpc) is 2.74. The number of hydrogen-bond acceptors (Lipinski definition) is 5. The SMILES string of the molecule is COC(=O)C1=C(C)N(c2ccccc2)C(=O)C[C@H]1C(=O)Nc1ccc(OC)cc1. The second-order valence-electron chi connectivity index (χ2n) is 6.53. The maximum absolute atomic E-state index is 12.9. The normalized spacial score (nSPS) is 16.4. The molecule has 0 bridgehead atoms. The van der Waals surface area contributed by atoms with Gasteiger partial charge in [0.2, 0.25) is 11.8 Å². The van der Waals surface area contributed by atoms with Crippen molar-refractivity contribution in [1.29, 1.82) is 0 Å². The smallest absolute Gasteiger partial charge is 0.336 e. The molecule has 1 atom stereocenters. The Kier molecular flexibility index (Phi) is 5.97. The lowest BCUT2D eigenvalue weighted by molar-refractivity contribution is -0.138. The van der Waals surface area contributed by atoms with Crippen molar-refractivity contribution >= 4 is 29.2 Å². The van der Waals surface area contributed by atoms with Gasteiger partial charge in [0.1, 0.15) is 5.75 Å². The minimum atomic E-state index is -0.947. The third kappa shape index (κ3) is 4.13. The van der Waals surface area contributed by atoms with Gasteiger partial charge in [-0.2, -0.15) is 0 Å². The van der Waals surface area contributed by atoms with Crippen LogP contribution < -0.4 is 15.0 Å². The van der Waals surface area contributed by atoms with Gasteiger partial charge in [0, 0.05) is 23.5 Å². The fourth-order valence-corrected chi connectivity index (χ4v) is 3.37. The van der Waals surface area contributed by atoms with E-state index in [1.165, 1.54) is 12.0 Å². The minimum absolute atomic E-state index is 0.140. The van der Waals surface area contributed by atoms with Crippen molar-refractivity contribution < 1.29 is 23.9 Å². The number of anilines is 2. The number of methoxy groups -OCH3 is 2. The van der Waals surface area contributed by atoms with E-state index in [1.54, 1.807) is 62.6 Å². The Hall–Kier alpha value is -3.61. The van der Waals surface area contributed by atoms with Crippen LogP contribution >= 0.6 is 0 Å². The van der Waals surface area contributed by atoms with Gasteiger partial charge in [-0.1, -0.05) is 18.2 Å². The van der Waals surface area contributed by atoms with E-state index in [0.717, 1.165) is 0 Å². The first-order valence-electron chi connectivity index (χ1n) is 9.08. The topological polar surface area (TPSA) is 84.9 Å². The zero-order valence-electron chi connectivity index (χ0n) is 16.5. The van der Waals surface area contributed by atoms with E-state index in [-0.39, 0.29) is 17.9 Å². The van der Waals surface area contributed by atoms with Crippen LogP contribution in [0.3, 0.4) is 0 Å². The summed E-state index contributed by atoms with van der Waals surface area (Å²) >= 11 is 0. The van der Waals surface area contributed by atoms with Crippen LogP contribution in [-0.2, 0) is 19.1 Å². The number of carbonyl (C=O) groups excluding carboxylic acids is 3. The van der Waals surface area contributed by atoms with E-state index >= 15 is 0 Å². The summed E-state index contributed by atoms with van der Waals surface area (Å²) in [6, 6.07) is 15.8. The first-order chi connectivity index (χ1) is 14.0. The third-order valence-corrected chi connectivity index (χ3v) is 4.80. The molecule has 3 rings (SSSR count). The molecule has 7 nitrogen and oxygen atoms in total. The number of carbonyl (C=O) groups is 3. The predicted molar refractivity (Wildman–Crippen MR) is 108 cm³/mol. The highest BCUT2D eigenvalue weighted by Gasteiger charge is 2.40. The largest absolute Gasteiger partial charge is 0.497 e. The first-order valence-corrected chi connectivity index (χ1v) is 9.08. The molecule has 2 amide bonds. The highest BCUT2D eigenvalue weighted by atomic mass is 16.5. The van der Waals surface area contributed by atoms with Gasteiger partial charge >= 0.3 is 5.97 Å². The molecule has 0 spiro atoms. The summed E-state index contributed by atoms with van der Waals surface area (Å²) in [5, 5.41) is 2.76. The van der Waals surface area contributed by atoms with E-state index in [9.17, 15) is 14.4 Å². The molecule has 0 fully saturated rings. The molecule has 1 aliphatic heterocycles. The summed E-state index contributed by atoms with van der Waals surface area (Å²) in [6.07, 6.45) is -0.140. The highest BCUT2D eigenvalue weighted by Crippen LogP contribution is 2.34. The summed E-state index contributed by atoms with van der Waals surface area (Å²) in [5.74, 6) is -1.64. The fourth-order valence-electron chi connectivity index (χ4n) is 3.37. The molecule has 0 aromatic heterocycles. The molecule has 0 aliphatic carbocycles. The number of allylic oxidation sites excluding steroid dienone is 1. The maximum Gasteiger partial charge on any atom is 0.336 e. The lowest BCUT2D eigenvalue weighted by Gasteiger charge is -2.33. The van der Waals surface area contributed by atoms with Crippen molar-refractivity contribution in [2.45, 2.75) is 13.3 Å². The van der Waals surface area contributed by atoms with Gasteiger partial charge in [0.05, 0.1) is 25.7 Å². The van der Waals surface area contributed by atoms with Crippen LogP contribution in [0.15, 0.2) is 65.9 Å². The van der Waals surface area contributed by atoms with Gasteiger partial charge in [-0.05, 0) is 43.3 Å². The van der Waals surface area contributed by atoms with E-state index in [1.807, 2.05) is 6.07 Å². The van der Waals surface area contributed by atoms with Crippen LogP contribution in [0.5, 0.6) is 5.75 Å². The van der Waals surface area contributed by atoms with Crippen LogP contribution in [0, 0.1) is 5.92 Å². The number of amides is 2. The Morgan fingerprint density at radius 3 is 2.28 bits per heavy atom. The van der Waals surface area contributed by atoms with Crippen LogP contribution in [-0.4, -0.2) is 32.0 Å². The van der Waals surface area contributed by atoms with Crippen LogP contribution in [0.1, 0.15) is 13.3 Å². The standard InChI is InChI=1S/C22H22N2O5/c1-14-20(22(27)29-3)18(13-19(25)24(14)16-7-5-4-6-8-16)21(26)23-15-9-11-17(28-2)12-10-15/h4-12,18H,13H2,1-3H3,(H,23,26)/t18-/m1/s1. The number of rotatable bonds is 5. The van der Waals surface area contributed by atoms with Crippen LogP contribution in [0.4, 0.5) is 11.4 Å². The molecule has 2 aromatic rings. The molecule has 7 heteroatoms. The van der Waals surface area contributed by atoms with Crippen molar-refractivity contribution in [2.24, 2.45) is 5.92 Å². The molecule has 0 saturated heterocycles. The molecule has 0 unspecified atom stereocenters. The number of esters is 1. The van der Waals surface area contributed by atoms with E-state index in [4.69, 9.17) is 9.47 Å². The number of nitrogens with one attached hydrogen (secondary N) is 1. The number of benzene rings is 2. The van der Waals surface area contributed by atoms with Gasteiger partial charge in [0.15, 0.2) is 0 Å². The van der Waals surface area contributed by atoms with Gasteiger partial charge in [-0.25, -0.2) is 4.79 Å². The molecule has 150 valence electrons. The predicted octanol–water partition coefficient (Wildman–Crippen LogP) is 3.13. The Morgan fingerprint density at radius 1 is 1.03 bits per heavy atom. The third-order valence-electron chi connectivity index (χ3n) is 4.80.